The standard InChI is InChI=1S/C10H18N2/c1-9-10(2,3)6-5-7-11-8-12(9)4/h8H,1,5-7H2,2-4H3/b11-8-. The zero-order valence-corrected chi connectivity index (χ0v) is 8.30. The van der Waals surface area contributed by atoms with Gasteiger partial charge in [-0.2, -0.15) is 0 Å². The number of allylic oxidation sites excluding steroid dienone is 1. The molecule has 68 valence electrons. The Labute approximate surface area is 75.0 Å². The molecule has 0 aromatic rings. The van der Waals surface area contributed by atoms with E-state index in [1.165, 1.54) is 6.42 Å². The molecule has 0 bridgehead atoms. The molecule has 0 aliphatic carbocycles. The summed E-state index contributed by atoms with van der Waals surface area (Å²) in [5.41, 5.74) is 1.38. The molecule has 0 atom stereocenters. The van der Waals surface area contributed by atoms with Gasteiger partial charge in [0.05, 0.1) is 6.34 Å². The van der Waals surface area contributed by atoms with Gasteiger partial charge in [0.2, 0.25) is 0 Å². The van der Waals surface area contributed by atoms with Crippen LogP contribution in [-0.2, 0) is 0 Å². The van der Waals surface area contributed by atoms with E-state index >= 15 is 0 Å². The summed E-state index contributed by atoms with van der Waals surface area (Å²) >= 11 is 0. The molecule has 2 heteroatoms. The van der Waals surface area contributed by atoms with Crippen molar-refractivity contribution in [3.8, 4) is 0 Å². The summed E-state index contributed by atoms with van der Waals surface area (Å²) in [4.78, 5) is 6.29. The van der Waals surface area contributed by atoms with Crippen LogP contribution in [0.4, 0.5) is 0 Å². The minimum Gasteiger partial charge on any atom is -0.340 e. The molecule has 12 heavy (non-hydrogen) atoms. The van der Waals surface area contributed by atoms with Crippen LogP contribution in [0, 0.1) is 5.41 Å². The summed E-state index contributed by atoms with van der Waals surface area (Å²) in [6, 6.07) is 0. The Bertz CT molecular complexity index is 204. The van der Waals surface area contributed by atoms with Crippen LogP contribution in [0.2, 0.25) is 0 Å². The van der Waals surface area contributed by atoms with Gasteiger partial charge in [0.25, 0.3) is 0 Å². The second-order valence-corrected chi connectivity index (χ2v) is 4.07. The van der Waals surface area contributed by atoms with E-state index in [2.05, 4.69) is 25.4 Å². The second kappa shape index (κ2) is 3.30. The van der Waals surface area contributed by atoms with Crippen LogP contribution >= 0.6 is 0 Å². The minimum absolute atomic E-state index is 0.223. The molecule has 0 N–H and O–H groups in total. The second-order valence-electron chi connectivity index (χ2n) is 4.07. The molecule has 1 heterocycles. The first kappa shape index (κ1) is 9.30. The third-order valence-corrected chi connectivity index (χ3v) is 2.55. The molecule has 0 unspecified atom stereocenters. The van der Waals surface area contributed by atoms with Gasteiger partial charge in [-0.1, -0.05) is 20.4 Å². The summed E-state index contributed by atoms with van der Waals surface area (Å²) in [7, 11) is 2.01. The van der Waals surface area contributed by atoms with Gasteiger partial charge in [-0.25, -0.2) is 0 Å². The van der Waals surface area contributed by atoms with Crippen molar-refractivity contribution in [2.24, 2.45) is 10.4 Å². The summed E-state index contributed by atoms with van der Waals surface area (Å²) in [6.07, 6.45) is 4.22. The molecule has 0 amide bonds. The topological polar surface area (TPSA) is 15.6 Å². The van der Waals surface area contributed by atoms with Crippen LogP contribution in [0.3, 0.4) is 0 Å². The first-order chi connectivity index (χ1) is 5.54. The highest BCUT2D eigenvalue weighted by Crippen LogP contribution is 2.32. The lowest BCUT2D eigenvalue weighted by Crippen LogP contribution is -2.29. The first-order valence-corrected chi connectivity index (χ1v) is 4.46. The molecular formula is C10H18N2. The predicted octanol–water partition coefficient (Wildman–Crippen LogP) is 2.28. The molecule has 0 saturated heterocycles. The van der Waals surface area contributed by atoms with Gasteiger partial charge < -0.3 is 4.90 Å². The molecule has 0 radical (unpaired) electrons. The molecular weight excluding hydrogens is 148 g/mol. The summed E-state index contributed by atoms with van der Waals surface area (Å²) in [5, 5.41) is 0. The maximum atomic E-state index is 4.27. The number of hydrogen-bond donors (Lipinski definition) is 0. The van der Waals surface area contributed by atoms with E-state index in [9.17, 15) is 0 Å². The van der Waals surface area contributed by atoms with E-state index in [0.717, 1.165) is 18.7 Å². The van der Waals surface area contributed by atoms with Gasteiger partial charge in [0.15, 0.2) is 0 Å². The third kappa shape index (κ3) is 1.87. The average molecular weight is 166 g/mol. The fraction of sp³-hybridized carbons (Fsp3) is 0.700. The maximum Gasteiger partial charge on any atom is 0.0889 e. The normalized spacial score (nSPS) is 26.2. The Kier molecular flexibility index (Phi) is 2.55. The smallest absolute Gasteiger partial charge is 0.0889 e. The van der Waals surface area contributed by atoms with Gasteiger partial charge in [-0.15, -0.1) is 0 Å². The van der Waals surface area contributed by atoms with Crippen LogP contribution in [-0.4, -0.2) is 24.8 Å². The Morgan fingerprint density at radius 3 is 2.92 bits per heavy atom. The highest BCUT2D eigenvalue weighted by Gasteiger charge is 2.24. The number of hydrogen-bond acceptors (Lipinski definition) is 2. The quantitative estimate of drug-likeness (QED) is 0.539. The van der Waals surface area contributed by atoms with Gasteiger partial charge in [0, 0.05) is 24.7 Å². The number of aliphatic imine (C=N–C) groups is 1. The third-order valence-electron chi connectivity index (χ3n) is 2.55. The highest BCUT2D eigenvalue weighted by atomic mass is 15.1. The zero-order valence-electron chi connectivity index (χ0n) is 8.30. The number of rotatable bonds is 0. The highest BCUT2D eigenvalue weighted by molar-refractivity contribution is 5.58. The van der Waals surface area contributed by atoms with E-state index in [4.69, 9.17) is 0 Å². The minimum atomic E-state index is 0.223. The van der Waals surface area contributed by atoms with E-state index in [-0.39, 0.29) is 5.41 Å². The predicted molar refractivity (Wildman–Crippen MR) is 53.3 cm³/mol. The molecule has 0 fully saturated rings. The zero-order chi connectivity index (χ0) is 9.19. The van der Waals surface area contributed by atoms with Crippen molar-refractivity contribution >= 4 is 6.34 Å². The Morgan fingerprint density at radius 1 is 1.58 bits per heavy atom. The molecule has 2 nitrogen and oxygen atoms in total. The average Bonchev–Trinajstić information content (AvgIpc) is 2.00. The van der Waals surface area contributed by atoms with Crippen LogP contribution in [0.5, 0.6) is 0 Å². The molecule has 0 saturated carbocycles. The monoisotopic (exact) mass is 166 g/mol. The SMILES string of the molecule is C=C1N(C)/C=N\CCCC1(C)C. The fourth-order valence-corrected chi connectivity index (χ4v) is 1.48. The van der Waals surface area contributed by atoms with E-state index in [1.54, 1.807) is 0 Å². The van der Waals surface area contributed by atoms with Crippen molar-refractivity contribution in [1.29, 1.82) is 0 Å². The number of nitrogens with zero attached hydrogens (tertiary/aromatic N) is 2. The lowest BCUT2D eigenvalue weighted by atomic mass is 9.84. The molecule has 0 aromatic heterocycles. The van der Waals surface area contributed by atoms with E-state index in [0.29, 0.717) is 0 Å². The molecule has 1 rings (SSSR count). The lowest BCUT2D eigenvalue weighted by molar-refractivity contribution is 0.328. The molecule has 1 aliphatic heterocycles. The molecule has 0 aromatic carbocycles. The maximum absolute atomic E-state index is 4.27. The first-order valence-electron chi connectivity index (χ1n) is 4.46. The Hall–Kier alpha value is -0.790. The van der Waals surface area contributed by atoms with Crippen molar-refractivity contribution in [3.05, 3.63) is 12.3 Å². The van der Waals surface area contributed by atoms with Crippen LogP contribution in [0.1, 0.15) is 26.7 Å². The van der Waals surface area contributed by atoms with Crippen molar-refractivity contribution in [2.45, 2.75) is 26.7 Å². The summed E-state index contributed by atoms with van der Waals surface area (Å²) < 4.78 is 0. The Balaban J connectivity index is 2.81. The molecule has 0 spiro atoms. The fourth-order valence-electron chi connectivity index (χ4n) is 1.48. The van der Waals surface area contributed by atoms with Gasteiger partial charge >= 0.3 is 0 Å². The largest absolute Gasteiger partial charge is 0.340 e. The van der Waals surface area contributed by atoms with Gasteiger partial charge in [-0.3, -0.25) is 4.99 Å². The van der Waals surface area contributed by atoms with Crippen molar-refractivity contribution in [1.82, 2.24) is 4.90 Å². The van der Waals surface area contributed by atoms with Crippen LogP contribution < -0.4 is 0 Å². The van der Waals surface area contributed by atoms with Gasteiger partial charge in [0.1, 0.15) is 0 Å². The van der Waals surface area contributed by atoms with Crippen molar-refractivity contribution < 1.29 is 0 Å². The van der Waals surface area contributed by atoms with Gasteiger partial charge in [-0.05, 0) is 12.8 Å². The van der Waals surface area contributed by atoms with Crippen molar-refractivity contribution in [3.63, 3.8) is 0 Å². The van der Waals surface area contributed by atoms with Crippen LogP contribution in [0.25, 0.3) is 0 Å². The lowest BCUT2D eigenvalue weighted by Gasteiger charge is -2.33. The van der Waals surface area contributed by atoms with Crippen molar-refractivity contribution in [2.75, 3.05) is 13.6 Å². The van der Waals surface area contributed by atoms with E-state index in [1.807, 2.05) is 18.3 Å². The summed E-state index contributed by atoms with van der Waals surface area (Å²) in [6.45, 7) is 9.51. The van der Waals surface area contributed by atoms with E-state index < -0.39 is 0 Å². The summed E-state index contributed by atoms with van der Waals surface area (Å²) in [5.74, 6) is 0. The Morgan fingerprint density at radius 2 is 2.25 bits per heavy atom. The van der Waals surface area contributed by atoms with Crippen LogP contribution in [0.15, 0.2) is 17.3 Å². The molecule has 1 aliphatic rings.